The lowest BCUT2D eigenvalue weighted by molar-refractivity contribution is 0.111. The summed E-state index contributed by atoms with van der Waals surface area (Å²) in [6.45, 7) is 1.05. The summed E-state index contributed by atoms with van der Waals surface area (Å²) >= 11 is 0. The quantitative estimate of drug-likeness (QED) is 0.802. The number of nitrogens with one attached hydrogen (secondary N) is 2. The van der Waals surface area contributed by atoms with Gasteiger partial charge in [-0.3, -0.25) is 4.79 Å². The molecule has 2 N–H and O–H groups in total. The van der Waals surface area contributed by atoms with Crippen LogP contribution in [0.2, 0.25) is 0 Å². The van der Waals surface area contributed by atoms with E-state index in [1.165, 1.54) is 0 Å². The molecule has 0 aliphatic rings. The Morgan fingerprint density at radius 2 is 2.10 bits per heavy atom. The highest BCUT2D eigenvalue weighted by atomic mass is 16.2. The average molecular weight is 272 g/mol. The molecule has 0 aliphatic carbocycles. The highest BCUT2D eigenvalue weighted by Crippen LogP contribution is 2.11. The molecule has 20 heavy (non-hydrogen) atoms. The van der Waals surface area contributed by atoms with Crippen LogP contribution >= 0.6 is 0 Å². The van der Waals surface area contributed by atoms with E-state index in [1.807, 2.05) is 28.8 Å². The zero-order valence-electron chi connectivity index (χ0n) is 11.2. The van der Waals surface area contributed by atoms with E-state index in [2.05, 4.69) is 15.6 Å². The Labute approximate surface area is 116 Å². The monoisotopic (exact) mass is 272 g/mol. The number of carbonyl (C=O) groups is 2. The molecule has 6 nitrogen and oxygen atoms in total. The van der Waals surface area contributed by atoms with Crippen LogP contribution in [0, 0.1) is 0 Å². The summed E-state index contributed by atoms with van der Waals surface area (Å²) in [4.78, 5) is 25.8. The summed E-state index contributed by atoms with van der Waals surface area (Å²) in [5, 5.41) is 5.27. The molecular formula is C14H16N4O2. The third-order valence-corrected chi connectivity index (χ3v) is 2.91. The van der Waals surface area contributed by atoms with Gasteiger partial charge in [-0.15, -0.1) is 0 Å². The first-order valence-electron chi connectivity index (χ1n) is 6.22. The van der Waals surface area contributed by atoms with E-state index in [0.717, 1.165) is 17.4 Å². The second kappa shape index (κ2) is 6.51. The van der Waals surface area contributed by atoms with Crippen LogP contribution in [0.15, 0.2) is 36.8 Å². The van der Waals surface area contributed by atoms with Gasteiger partial charge in [-0.1, -0.05) is 24.3 Å². The van der Waals surface area contributed by atoms with Crippen LogP contribution in [0.3, 0.4) is 0 Å². The van der Waals surface area contributed by atoms with Gasteiger partial charge in [-0.2, -0.15) is 0 Å². The van der Waals surface area contributed by atoms with Crippen molar-refractivity contribution >= 4 is 12.3 Å². The topological polar surface area (TPSA) is 76.0 Å². The first-order valence-corrected chi connectivity index (χ1v) is 6.22. The van der Waals surface area contributed by atoms with Crippen LogP contribution in [0.25, 0.3) is 0 Å². The molecule has 0 radical (unpaired) electrons. The van der Waals surface area contributed by atoms with Crippen molar-refractivity contribution in [3.05, 3.63) is 53.6 Å². The Hall–Kier alpha value is -2.63. The van der Waals surface area contributed by atoms with E-state index in [1.54, 1.807) is 19.6 Å². The van der Waals surface area contributed by atoms with E-state index in [4.69, 9.17) is 0 Å². The van der Waals surface area contributed by atoms with Crippen molar-refractivity contribution < 1.29 is 9.59 Å². The van der Waals surface area contributed by atoms with Crippen molar-refractivity contribution in [1.82, 2.24) is 20.2 Å². The molecule has 0 spiro atoms. The molecule has 2 rings (SSSR count). The number of benzene rings is 1. The number of hydrogen-bond donors (Lipinski definition) is 2. The zero-order valence-corrected chi connectivity index (χ0v) is 11.2. The molecule has 0 bridgehead atoms. The summed E-state index contributed by atoms with van der Waals surface area (Å²) in [5.41, 5.74) is 2.50. The van der Waals surface area contributed by atoms with Gasteiger partial charge in [0.2, 0.25) is 0 Å². The lowest BCUT2D eigenvalue weighted by Gasteiger charge is -2.11. The summed E-state index contributed by atoms with van der Waals surface area (Å²) < 4.78 is 1.84. The highest BCUT2D eigenvalue weighted by molar-refractivity contribution is 5.73. The van der Waals surface area contributed by atoms with E-state index >= 15 is 0 Å². The fraction of sp³-hybridized carbons (Fsp3) is 0.214. The molecular weight excluding hydrogens is 256 g/mol. The van der Waals surface area contributed by atoms with Gasteiger partial charge in [0.05, 0.1) is 6.33 Å². The molecule has 1 aromatic heterocycles. The molecule has 0 fully saturated rings. The SMILES string of the molecule is CNC(=O)NCc1ccccc1Cn1cnc(C=O)c1. The third-order valence-electron chi connectivity index (χ3n) is 2.91. The summed E-state index contributed by atoms with van der Waals surface area (Å²) in [7, 11) is 1.58. The fourth-order valence-electron chi connectivity index (χ4n) is 1.87. The Bertz CT molecular complexity index is 607. The van der Waals surface area contributed by atoms with E-state index in [-0.39, 0.29) is 6.03 Å². The first kappa shape index (κ1) is 13.8. The van der Waals surface area contributed by atoms with Crippen molar-refractivity contribution in [3.8, 4) is 0 Å². The van der Waals surface area contributed by atoms with Crippen LogP contribution in [0.4, 0.5) is 4.79 Å². The van der Waals surface area contributed by atoms with Crippen molar-refractivity contribution in [3.63, 3.8) is 0 Å². The molecule has 0 saturated carbocycles. The number of amides is 2. The number of aromatic nitrogens is 2. The number of nitrogens with zero attached hydrogens (tertiary/aromatic N) is 2. The van der Waals surface area contributed by atoms with Crippen LogP contribution in [-0.2, 0) is 13.1 Å². The van der Waals surface area contributed by atoms with Crippen molar-refractivity contribution in [2.75, 3.05) is 7.05 Å². The maximum absolute atomic E-state index is 11.2. The minimum Gasteiger partial charge on any atom is -0.341 e. The van der Waals surface area contributed by atoms with Crippen LogP contribution in [-0.4, -0.2) is 28.9 Å². The molecule has 2 aromatic rings. The minimum absolute atomic E-state index is 0.217. The zero-order chi connectivity index (χ0) is 14.4. The van der Waals surface area contributed by atoms with Gasteiger partial charge in [0, 0.05) is 26.3 Å². The summed E-state index contributed by atoms with van der Waals surface area (Å²) in [6.07, 6.45) is 4.03. The molecule has 0 saturated heterocycles. The van der Waals surface area contributed by atoms with Gasteiger partial charge in [-0.05, 0) is 11.1 Å². The molecule has 0 atom stereocenters. The number of imidazole rings is 1. The molecule has 0 aliphatic heterocycles. The van der Waals surface area contributed by atoms with Gasteiger partial charge in [0.25, 0.3) is 0 Å². The molecule has 2 amide bonds. The summed E-state index contributed by atoms with van der Waals surface area (Å²) in [5.74, 6) is 0. The van der Waals surface area contributed by atoms with Gasteiger partial charge < -0.3 is 15.2 Å². The minimum atomic E-state index is -0.217. The number of hydrogen-bond acceptors (Lipinski definition) is 3. The van der Waals surface area contributed by atoms with E-state index < -0.39 is 0 Å². The molecule has 104 valence electrons. The molecule has 1 aromatic carbocycles. The molecule has 0 unspecified atom stereocenters. The third kappa shape index (κ3) is 3.44. The van der Waals surface area contributed by atoms with Crippen molar-refractivity contribution in [2.24, 2.45) is 0 Å². The Kier molecular flexibility index (Phi) is 4.49. The fourth-order valence-corrected chi connectivity index (χ4v) is 1.87. The van der Waals surface area contributed by atoms with Crippen LogP contribution in [0.5, 0.6) is 0 Å². The number of urea groups is 1. The van der Waals surface area contributed by atoms with Gasteiger partial charge >= 0.3 is 6.03 Å². The average Bonchev–Trinajstić information content (AvgIpc) is 2.93. The summed E-state index contributed by atoms with van der Waals surface area (Å²) in [6, 6.07) is 7.60. The number of carbonyl (C=O) groups excluding carboxylic acids is 2. The second-order valence-corrected chi connectivity index (χ2v) is 4.29. The van der Waals surface area contributed by atoms with Crippen LogP contribution in [0.1, 0.15) is 21.6 Å². The smallest absolute Gasteiger partial charge is 0.314 e. The van der Waals surface area contributed by atoms with E-state index in [0.29, 0.717) is 18.8 Å². The van der Waals surface area contributed by atoms with Crippen LogP contribution < -0.4 is 10.6 Å². The standard InChI is InChI=1S/C14H16N4O2/c1-15-14(20)16-6-11-4-2-3-5-12(11)7-18-8-13(9-19)17-10-18/h2-5,8-10H,6-7H2,1H3,(H2,15,16,20). The van der Waals surface area contributed by atoms with Crippen molar-refractivity contribution in [1.29, 1.82) is 0 Å². The lowest BCUT2D eigenvalue weighted by atomic mass is 10.1. The molecule has 1 heterocycles. The van der Waals surface area contributed by atoms with Gasteiger partial charge in [0.1, 0.15) is 5.69 Å². The normalized spacial score (nSPS) is 10.1. The second-order valence-electron chi connectivity index (χ2n) is 4.29. The largest absolute Gasteiger partial charge is 0.341 e. The first-order chi connectivity index (χ1) is 9.72. The lowest BCUT2D eigenvalue weighted by Crippen LogP contribution is -2.32. The number of rotatable bonds is 5. The maximum Gasteiger partial charge on any atom is 0.314 e. The van der Waals surface area contributed by atoms with E-state index in [9.17, 15) is 9.59 Å². The van der Waals surface area contributed by atoms with Crippen molar-refractivity contribution in [2.45, 2.75) is 13.1 Å². The van der Waals surface area contributed by atoms with Gasteiger partial charge in [-0.25, -0.2) is 9.78 Å². The van der Waals surface area contributed by atoms with Gasteiger partial charge in [0.15, 0.2) is 6.29 Å². The number of aldehydes is 1. The maximum atomic E-state index is 11.2. The Balaban J connectivity index is 2.10. The Morgan fingerprint density at radius 1 is 1.35 bits per heavy atom. The predicted octanol–water partition coefficient (Wildman–Crippen LogP) is 1.17. The highest BCUT2D eigenvalue weighted by Gasteiger charge is 2.05. The predicted molar refractivity (Wildman–Crippen MR) is 74.5 cm³/mol. The molecule has 6 heteroatoms. The Morgan fingerprint density at radius 3 is 2.75 bits per heavy atom.